The molecule has 4 rings (SSSR count). The van der Waals surface area contributed by atoms with Crippen molar-refractivity contribution in [2.24, 2.45) is 0 Å². The van der Waals surface area contributed by atoms with Crippen molar-refractivity contribution in [3.05, 3.63) is 59.9 Å². The highest BCUT2D eigenvalue weighted by Gasteiger charge is 2.24. The lowest BCUT2D eigenvalue weighted by molar-refractivity contribution is -0.117. The number of aryl methyl sites for hydroxylation is 1. The highest BCUT2D eigenvalue weighted by atomic mass is 32.2. The number of nitrogens with one attached hydrogen (secondary N) is 1. The quantitative estimate of drug-likeness (QED) is 0.674. The Hall–Kier alpha value is -3.71. The fraction of sp³-hybridized carbons (Fsp3) is 0.200. The largest absolute Gasteiger partial charge is 0.312 e. The van der Waals surface area contributed by atoms with Crippen molar-refractivity contribution in [2.45, 2.75) is 24.7 Å². The number of sulfonamides is 1. The van der Waals surface area contributed by atoms with E-state index in [-0.39, 0.29) is 16.8 Å². The molecule has 0 atom stereocenters. The molecule has 1 fully saturated rings. The fourth-order valence-electron chi connectivity index (χ4n) is 3.32. The molecule has 0 saturated carbocycles. The lowest BCUT2D eigenvalue weighted by atomic mass is 10.2. The van der Waals surface area contributed by atoms with Crippen LogP contribution in [0.2, 0.25) is 0 Å². The van der Waals surface area contributed by atoms with Gasteiger partial charge in [-0.3, -0.25) is 4.79 Å². The number of amides is 1. The van der Waals surface area contributed by atoms with Crippen LogP contribution in [0.25, 0.3) is 5.69 Å². The van der Waals surface area contributed by atoms with E-state index in [1.165, 1.54) is 17.1 Å². The van der Waals surface area contributed by atoms with Gasteiger partial charge < -0.3 is 4.90 Å². The van der Waals surface area contributed by atoms with Crippen LogP contribution in [0.1, 0.15) is 24.0 Å². The summed E-state index contributed by atoms with van der Waals surface area (Å²) in [4.78, 5) is 17.7. The van der Waals surface area contributed by atoms with Gasteiger partial charge in [0.15, 0.2) is 0 Å². The minimum atomic E-state index is -3.91. The van der Waals surface area contributed by atoms with E-state index < -0.39 is 10.0 Å². The maximum Gasteiger partial charge on any atom is 0.264 e. The third-order valence-electron chi connectivity index (χ3n) is 4.81. The van der Waals surface area contributed by atoms with Crippen molar-refractivity contribution in [3.8, 4) is 11.8 Å². The Labute approximate surface area is 173 Å². The van der Waals surface area contributed by atoms with E-state index in [0.29, 0.717) is 35.5 Å². The van der Waals surface area contributed by atoms with Crippen molar-refractivity contribution in [1.29, 1.82) is 5.26 Å². The second-order valence-electron chi connectivity index (χ2n) is 6.88. The lowest BCUT2D eigenvalue weighted by Gasteiger charge is -2.17. The van der Waals surface area contributed by atoms with Crippen LogP contribution in [0.4, 0.5) is 11.6 Å². The van der Waals surface area contributed by atoms with Crippen molar-refractivity contribution in [2.75, 3.05) is 16.2 Å². The average molecular weight is 422 g/mol. The van der Waals surface area contributed by atoms with Gasteiger partial charge in [0.05, 0.1) is 22.2 Å². The highest BCUT2D eigenvalue weighted by molar-refractivity contribution is 7.92. The van der Waals surface area contributed by atoms with Gasteiger partial charge in [-0.05, 0) is 61.4 Å². The van der Waals surface area contributed by atoms with Gasteiger partial charge in [0.2, 0.25) is 5.91 Å². The summed E-state index contributed by atoms with van der Waals surface area (Å²) in [5.41, 5.74) is 2.36. The summed E-state index contributed by atoms with van der Waals surface area (Å²) >= 11 is 0. The second-order valence-corrected chi connectivity index (χ2v) is 8.53. The van der Waals surface area contributed by atoms with Crippen molar-refractivity contribution < 1.29 is 13.2 Å². The predicted molar refractivity (Wildman–Crippen MR) is 110 cm³/mol. The van der Waals surface area contributed by atoms with Crippen LogP contribution in [-0.4, -0.2) is 35.6 Å². The van der Waals surface area contributed by atoms with E-state index in [0.717, 1.165) is 6.42 Å². The molecule has 1 saturated heterocycles. The van der Waals surface area contributed by atoms with E-state index in [2.05, 4.69) is 14.8 Å². The molecule has 30 heavy (non-hydrogen) atoms. The van der Waals surface area contributed by atoms with Gasteiger partial charge in [0, 0.05) is 18.7 Å². The standard InChI is InChI=1S/C20H18N6O3S/c1-14-11-17(25-10-2-3-19(25)27)8-9-18(14)30(28,29)24-20-22-13-26(23-20)16-6-4-15(12-21)5-7-16/h4-9,11,13H,2-3,10H2,1H3,(H,23,24). The van der Waals surface area contributed by atoms with E-state index in [1.807, 2.05) is 6.07 Å². The minimum Gasteiger partial charge on any atom is -0.312 e. The number of aromatic nitrogens is 3. The number of benzene rings is 2. The zero-order valence-electron chi connectivity index (χ0n) is 16.1. The Morgan fingerprint density at radius 1 is 1.13 bits per heavy atom. The maximum absolute atomic E-state index is 12.8. The number of carbonyl (C=O) groups is 1. The predicted octanol–water partition coefficient (Wildman–Crippen LogP) is 2.38. The normalized spacial score (nSPS) is 14.0. The Kier molecular flexibility index (Phi) is 4.97. The Balaban J connectivity index is 1.55. The molecule has 0 bridgehead atoms. The van der Waals surface area contributed by atoms with Gasteiger partial charge in [-0.2, -0.15) is 10.2 Å². The summed E-state index contributed by atoms with van der Waals surface area (Å²) < 4.78 is 29.5. The van der Waals surface area contributed by atoms with Crippen molar-refractivity contribution in [3.63, 3.8) is 0 Å². The van der Waals surface area contributed by atoms with Crippen molar-refractivity contribution in [1.82, 2.24) is 14.8 Å². The molecule has 0 unspecified atom stereocenters. The molecule has 3 aromatic rings. The zero-order valence-corrected chi connectivity index (χ0v) is 16.9. The number of anilines is 2. The van der Waals surface area contributed by atoms with E-state index in [9.17, 15) is 13.2 Å². The molecular formula is C20H18N6O3S. The summed E-state index contributed by atoms with van der Waals surface area (Å²) in [5, 5.41) is 13.0. The molecule has 1 aliphatic heterocycles. The van der Waals surface area contributed by atoms with Crippen LogP contribution in [-0.2, 0) is 14.8 Å². The molecule has 1 N–H and O–H groups in total. The molecule has 10 heteroatoms. The number of rotatable bonds is 5. The van der Waals surface area contributed by atoms with Crippen LogP contribution in [0.3, 0.4) is 0 Å². The van der Waals surface area contributed by atoms with Gasteiger partial charge in [-0.1, -0.05) is 0 Å². The molecule has 1 amide bonds. The number of hydrogen-bond donors (Lipinski definition) is 1. The summed E-state index contributed by atoms with van der Waals surface area (Å²) in [5.74, 6) is -0.0294. The second kappa shape index (κ2) is 7.61. The molecule has 9 nitrogen and oxygen atoms in total. The zero-order chi connectivity index (χ0) is 21.3. The Morgan fingerprint density at radius 2 is 1.87 bits per heavy atom. The number of hydrogen-bond acceptors (Lipinski definition) is 6. The summed E-state index contributed by atoms with van der Waals surface area (Å²) in [6, 6.07) is 13.5. The SMILES string of the molecule is Cc1cc(N2CCCC2=O)ccc1S(=O)(=O)Nc1ncn(-c2ccc(C#N)cc2)n1. The molecule has 0 radical (unpaired) electrons. The minimum absolute atomic E-state index is 0.0423. The van der Waals surface area contributed by atoms with E-state index >= 15 is 0 Å². The van der Waals surface area contributed by atoms with Crippen LogP contribution in [0.15, 0.2) is 53.7 Å². The highest BCUT2D eigenvalue weighted by Crippen LogP contribution is 2.26. The first-order chi connectivity index (χ1) is 14.4. The smallest absolute Gasteiger partial charge is 0.264 e. The van der Waals surface area contributed by atoms with Gasteiger partial charge in [-0.15, -0.1) is 5.10 Å². The van der Waals surface area contributed by atoms with E-state index in [4.69, 9.17) is 5.26 Å². The number of carbonyl (C=O) groups excluding carboxylic acids is 1. The first-order valence-electron chi connectivity index (χ1n) is 9.23. The van der Waals surface area contributed by atoms with Gasteiger partial charge in [0.25, 0.3) is 16.0 Å². The average Bonchev–Trinajstić information content (AvgIpc) is 3.36. The topological polar surface area (TPSA) is 121 Å². The van der Waals surface area contributed by atoms with Crippen LogP contribution >= 0.6 is 0 Å². The molecule has 152 valence electrons. The van der Waals surface area contributed by atoms with Gasteiger partial charge in [0.1, 0.15) is 6.33 Å². The summed E-state index contributed by atoms with van der Waals surface area (Å²) in [6.45, 7) is 2.32. The van der Waals surface area contributed by atoms with E-state index in [1.54, 1.807) is 48.2 Å². The molecule has 0 aliphatic carbocycles. The third kappa shape index (κ3) is 3.75. The Bertz CT molecular complexity index is 1260. The Morgan fingerprint density at radius 3 is 2.50 bits per heavy atom. The number of nitrogens with zero attached hydrogens (tertiary/aromatic N) is 5. The third-order valence-corrected chi connectivity index (χ3v) is 6.30. The lowest BCUT2D eigenvalue weighted by Crippen LogP contribution is -2.24. The first kappa shape index (κ1) is 19.6. The van der Waals surface area contributed by atoms with Crippen LogP contribution in [0.5, 0.6) is 0 Å². The van der Waals surface area contributed by atoms with Gasteiger partial charge >= 0.3 is 0 Å². The van der Waals surface area contributed by atoms with Crippen molar-refractivity contribution >= 4 is 27.6 Å². The van der Waals surface area contributed by atoms with Gasteiger partial charge in [-0.25, -0.2) is 17.8 Å². The summed E-state index contributed by atoms with van der Waals surface area (Å²) in [7, 11) is -3.91. The fourth-order valence-corrected chi connectivity index (χ4v) is 4.50. The first-order valence-corrected chi connectivity index (χ1v) is 10.7. The summed E-state index contributed by atoms with van der Waals surface area (Å²) in [6.07, 6.45) is 2.69. The molecule has 2 aromatic carbocycles. The molecule has 1 aliphatic rings. The maximum atomic E-state index is 12.8. The molecule has 0 spiro atoms. The number of nitriles is 1. The molecular weight excluding hydrogens is 404 g/mol. The van der Waals surface area contributed by atoms with Crippen LogP contribution < -0.4 is 9.62 Å². The monoisotopic (exact) mass is 422 g/mol. The molecule has 1 aromatic heterocycles. The van der Waals surface area contributed by atoms with Crippen LogP contribution in [0, 0.1) is 18.3 Å². The molecule has 2 heterocycles.